The van der Waals surface area contributed by atoms with E-state index in [2.05, 4.69) is 20.5 Å². The molecule has 1 aromatic rings. The molecule has 0 aliphatic carbocycles. The summed E-state index contributed by atoms with van der Waals surface area (Å²) in [7, 11) is 0. The van der Waals surface area contributed by atoms with Crippen LogP contribution in [0.5, 0.6) is 0 Å². The van der Waals surface area contributed by atoms with Crippen molar-refractivity contribution in [3.8, 4) is 0 Å². The van der Waals surface area contributed by atoms with Gasteiger partial charge in [-0.05, 0) is 31.4 Å². The highest BCUT2D eigenvalue weighted by Gasteiger charge is 2.24. The number of amides is 2. The van der Waals surface area contributed by atoms with Crippen LogP contribution in [0, 0.1) is 5.41 Å². The van der Waals surface area contributed by atoms with Gasteiger partial charge in [-0.1, -0.05) is 26.8 Å². The Kier molecular flexibility index (Phi) is 5.80. The number of hydrogen-bond donors (Lipinski definition) is 2. The maximum Gasteiger partial charge on any atom is 0.242 e. The molecule has 132 valence electrons. The topological polar surface area (TPSA) is 74.3 Å². The first kappa shape index (κ1) is 18.2. The Morgan fingerprint density at radius 2 is 1.92 bits per heavy atom. The maximum absolute atomic E-state index is 12.1. The predicted octanol–water partition coefficient (Wildman–Crippen LogP) is 1.85. The fraction of sp³-hybridized carbons (Fsp3) is 0.611. The summed E-state index contributed by atoms with van der Waals surface area (Å²) in [5.41, 5.74) is 0.435. The number of aromatic nitrogens is 1. The van der Waals surface area contributed by atoms with E-state index in [1.165, 1.54) is 12.8 Å². The van der Waals surface area contributed by atoms with E-state index in [1.807, 2.05) is 32.9 Å². The summed E-state index contributed by atoms with van der Waals surface area (Å²) in [5.74, 6) is 0.659. The molecule has 0 saturated carbocycles. The Morgan fingerprint density at radius 3 is 2.46 bits per heavy atom. The van der Waals surface area contributed by atoms with Crippen molar-refractivity contribution in [1.82, 2.24) is 15.6 Å². The van der Waals surface area contributed by atoms with Crippen LogP contribution in [0.1, 0.15) is 46.1 Å². The molecular weight excluding hydrogens is 304 g/mol. The molecule has 2 N–H and O–H groups in total. The Morgan fingerprint density at radius 1 is 1.25 bits per heavy atom. The monoisotopic (exact) mass is 332 g/mol. The number of carbonyl (C=O) groups is 2. The molecule has 6 nitrogen and oxygen atoms in total. The second kappa shape index (κ2) is 7.64. The van der Waals surface area contributed by atoms with Crippen molar-refractivity contribution in [2.75, 3.05) is 18.0 Å². The molecule has 1 atom stereocenters. The average Bonchev–Trinajstić information content (AvgIpc) is 3.06. The van der Waals surface area contributed by atoms with Crippen molar-refractivity contribution in [2.24, 2.45) is 5.41 Å². The smallest absolute Gasteiger partial charge is 0.242 e. The summed E-state index contributed by atoms with van der Waals surface area (Å²) in [6.07, 6.45) is 4.24. The highest BCUT2D eigenvalue weighted by atomic mass is 16.2. The third-order valence-electron chi connectivity index (χ3n) is 4.13. The van der Waals surface area contributed by atoms with Gasteiger partial charge in [-0.15, -0.1) is 0 Å². The standard InChI is InChI=1S/C18H28N4O2/c1-13(21-17(24)18(2,3)4)16(23)20-12-14-7-8-15(19-11-14)22-9-5-6-10-22/h7-8,11,13H,5-6,9-10,12H2,1-4H3,(H,20,23)(H,21,24). The van der Waals surface area contributed by atoms with Crippen LogP contribution < -0.4 is 15.5 Å². The third-order valence-corrected chi connectivity index (χ3v) is 4.13. The van der Waals surface area contributed by atoms with Crippen LogP contribution >= 0.6 is 0 Å². The van der Waals surface area contributed by atoms with Crippen LogP contribution in [-0.4, -0.2) is 35.9 Å². The Labute approximate surface area is 144 Å². The van der Waals surface area contributed by atoms with Gasteiger partial charge < -0.3 is 15.5 Å². The van der Waals surface area contributed by atoms with Crippen LogP contribution in [0.4, 0.5) is 5.82 Å². The van der Waals surface area contributed by atoms with Gasteiger partial charge in [0.1, 0.15) is 11.9 Å². The van der Waals surface area contributed by atoms with E-state index < -0.39 is 11.5 Å². The van der Waals surface area contributed by atoms with Crippen LogP contribution in [0.2, 0.25) is 0 Å². The SMILES string of the molecule is CC(NC(=O)C(C)(C)C)C(=O)NCc1ccc(N2CCCC2)nc1. The summed E-state index contributed by atoms with van der Waals surface area (Å²) in [6.45, 7) is 9.68. The van der Waals surface area contributed by atoms with Gasteiger partial charge in [-0.3, -0.25) is 9.59 Å². The van der Waals surface area contributed by atoms with Crippen molar-refractivity contribution in [1.29, 1.82) is 0 Å². The summed E-state index contributed by atoms with van der Waals surface area (Å²) in [4.78, 5) is 30.8. The van der Waals surface area contributed by atoms with Gasteiger partial charge in [-0.2, -0.15) is 0 Å². The molecule has 1 aliphatic rings. The van der Waals surface area contributed by atoms with Crippen molar-refractivity contribution in [3.05, 3.63) is 23.9 Å². The van der Waals surface area contributed by atoms with Crippen molar-refractivity contribution < 1.29 is 9.59 Å². The molecule has 6 heteroatoms. The normalized spacial score (nSPS) is 15.9. The lowest BCUT2D eigenvalue weighted by Gasteiger charge is -2.21. The van der Waals surface area contributed by atoms with Gasteiger partial charge in [0.25, 0.3) is 0 Å². The first-order chi connectivity index (χ1) is 11.3. The molecule has 1 unspecified atom stereocenters. The van der Waals surface area contributed by atoms with E-state index in [4.69, 9.17) is 0 Å². The Balaban J connectivity index is 1.81. The van der Waals surface area contributed by atoms with Crippen LogP contribution in [0.15, 0.2) is 18.3 Å². The van der Waals surface area contributed by atoms with E-state index in [0.717, 1.165) is 24.5 Å². The van der Waals surface area contributed by atoms with Crippen molar-refractivity contribution in [2.45, 2.75) is 53.1 Å². The quantitative estimate of drug-likeness (QED) is 0.863. The summed E-state index contributed by atoms with van der Waals surface area (Å²) >= 11 is 0. The number of nitrogens with zero attached hydrogens (tertiary/aromatic N) is 2. The molecule has 24 heavy (non-hydrogen) atoms. The molecule has 1 saturated heterocycles. The zero-order chi connectivity index (χ0) is 17.7. The van der Waals surface area contributed by atoms with Gasteiger partial charge >= 0.3 is 0 Å². The second-order valence-corrected chi connectivity index (χ2v) is 7.38. The van der Waals surface area contributed by atoms with E-state index in [1.54, 1.807) is 13.1 Å². The molecule has 2 amide bonds. The van der Waals surface area contributed by atoms with E-state index in [9.17, 15) is 9.59 Å². The highest BCUT2D eigenvalue weighted by molar-refractivity contribution is 5.89. The van der Waals surface area contributed by atoms with Crippen LogP contribution in [0.25, 0.3) is 0 Å². The zero-order valence-electron chi connectivity index (χ0n) is 15.1. The molecule has 0 aromatic carbocycles. The fourth-order valence-electron chi connectivity index (χ4n) is 2.48. The van der Waals surface area contributed by atoms with Gasteiger partial charge in [0.05, 0.1) is 0 Å². The lowest BCUT2D eigenvalue weighted by molar-refractivity contribution is -0.133. The maximum atomic E-state index is 12.1. The van der Waals surface area contributed by atoms with E-state index in [0.29, 0.717) is 6.54 Å². The lowest BCUT2D eigenvalue weighted by atomic mass is 9.95. The predicted molar refractivity (Wildman–Crippen MR) is 94.6 cm³/mol. The van der Waals surface area contributed by atoms with Gasteiger partial charge in [-0.25, -0.2) is 4.98 Å². The van der Waals surface area contributed by atoms with Gasteiger partial charge in [0, 0.05) is 31.2 Å². The van der Waals surface area contributed by atoms with E-state index in [-0.39, 0.29) is 11.8 Å². The first-order valence-corrected chi connectivity index (χ1v) is 8.56. The van der Waals surface area contributed by atoms with Crippen molar-refractivity contribution >= 4 is 17.6 Å². The number of rotatable bonds is 5. The summed E-state index contributed by atoms with van der Waals surface area (Å²) < 4.78 is 0. The summed E-state index contributed by atoms with van der Waals surface area (Å²) in [6, 6.07) is 3.42. The minimum absolute atomic E-state index is 0.137. The molecule has 2 heterocycles. The number of pyridine rings is 1. The van der Waals surface area contributed by atoms with Gasteiger partial charge in [0.15, 0.2) is 0 Å². The van der Waals surface area contributed by atoms with E-state index >= 15 is 0 Å². The van der Waals surface area contributed by atoms with Gasteiger partial charge in [0.2, 0.25) is 11.8 Å². The molecule has 1 fully saturated rings. The molecule has 1 aliphatic heterocycles. The zero-order valence-corrected chi connectivity index (χ0v) is 15.1. The third kappa shape index (κ3) is 4.94. The first-order valence-electron chi connectivity index (χ1n) is 8.56. The summed E-state index contributed by atoms with van der Waals surface area (Å²) in [5, 5.41) is 5.57. The van der Waals surface area contributed by atoms with Crippen LogP contribution in [0.3, 0.4) is 0 Å². The molecule has 2 rings (SSSR count). The largest absolute Gasteiger partial charge is 0.357 e. The number of anilines is 1. The minimum Gasteiger partial charge on any atom is -0.357 e. The molecule has 0 radical (unpaired) electrons. The number of nitrogens with one attached hydrogen (secondary N) is 2. The molecule has 1 aromatic heterocycles. The number of carbonyl (C=O) groups excluding carboxylic acids is 2. The fourth-order valence-corrected chi connectivity index (χ4v) is 2.48. The molecular formula is C18H28N4O2. The molecule has 0 spiro atoms. The Bertz CT molecular complexity index is 572. The molecule has 0 bridgehead atoms. The minimum atomic E-state index is -0.562. The van der Waals surface area contributed by atoms with Crippen molar-refractivity contribution in [3.63, 3.8) is 0 Å². The second-order valence-electron chi connectivity index (χ2n) is 7.38. The highest BCUT2D eigenvalue weighted by Crippen LogP contribution is 2.17. The average molecular weight is 332 g/mol. The Hall–Kier alpha value is -2.11. The number of hydrogen-bond acceptors (Lipinski definition) is 4. The van der Waals surface area contributed by atoms with Crippen LogP contribution in [-0.2, 0) is 16.1 Å². The lowest BCUT2D eigenvalue weighted by Crippen LogP contribution is -2.48.